The van der Waals surface area contributed by atoms with Crippen LogP contribution in [0.25, 0.3) is 22.3 Å². The van der Waals surface area contributed by atoms with E-state index >= 15 is 0 Å². The Balaban J connectivity index is 1.86. The molecule has 0 saturated carbocycles. The minimum atomic E-state index is -3.67. The smallest absolute Gasteiger partial charge is 0.210 e. The second kappa shape index (κ2) is 6.11. The summed E-state index contributed by atoms with van der Waals surface area (Å²) in [7, 11) is -3.67. The molecule has 0 spiro atoms. The molecule has 0 saturated heterocycles. The average Bonchev–Trinajstić information content (AvgIpc) is 3.33. The number of hydrogen-bond acceptors (Lipinski definition) is 2. The monoisotopic (exact) mass is 348 g/mol. The zero-order valence-corrected chi connectivity index (χ0v) is 14.1. The molecule has 2 heterocycles. The van der Waals surface area contributed by atoms with Crippen molar-refractivity contribution in [3.8, 4) is 22.3 Å². The molecule has 0 bridgehead atoms. The zero-order valence-electron chi connectivity index (χ0n) is 13.3. The van der Waals surface area contributed by atoms with E-state index in [1.54, 1.807) is 24.8 Å². The Morgan fingerprint density at radius 1 is 0.560 bits per heavy atom. The first kappa shape index (κ1) is 15.5. The molecule has 124 valence electrons. The van der Waals surface area contributed by atoms with Crippen molar-refractivity contribution in [2.45, 2.75) is 9.79 Å². The van der Waals surface area contributed by atoms with E-state index in [-0.39, 0.29) is 9.79 Å². The Hall–Kier alpha value is -3.05. The lowest BCUT2D eigenvalue weighted by molar-refractivity contribution is 0.597. The third-order valence-corrected chi connectivity index (χ3v) is 6.00. The van der Waals surface area contributed by atoms with Crippen LogP contribution < -0.4 is 0 Å². The summed E-state index contributed by atoms with van der Waals surface area (Å²) < 4.78 is 26.6. The minimum Gasteiger partial charge on any atom is -0.366 e. The molecule has 0 fully saturated rings. The van der Waals surface area contributed by atoms with E-state index < -0.39 is 9.84 Å². The average molecular weight is 348 g/mol. The number of benzene rings is 2. The standard InChI is InChI=1S/C20H16N2O2S/c23-25(24,19-13-21-11-17(19)15-7-3-1-4-8-15)20-14-22-12-18(20)16-9-5-2-6-10-16/h1-14,21-22H. The summed E-state index contributed by atoms with van der Waals surface area (Å²) in [5, 5.41) is 0. The molecule has 0 radical (unpaired) electrons. The Kier molecular flexibility index (Phi) is 3.78. The third-order valence-electron chi connectivity index (χ3n) is 4.16. The molecule has 4 aromatic rings. The second-order valence-corrected chi connectivity index (χ2v) is 7.59. The predicted molar refractivity (Wildman–Crippen MR) is 97.9 cm³/mol. The summed E-state index contributed by atoms with van der Waals surface area (Å²) in [5.41, 5.74) is 3.06. The van der Waals surface area contributed by atoms with Crippen LogP contribution >= 0.6 is 0 Å². The van der Waals surface area contributed by atoms with Crippen LogP contribution in [0.1, 0.15) is 0 Å². The largest absolute Gasteiger partial charge is 0.366 e. The van der Waals surface area contributed by atoms with Gasteiger partial charge in [0.25, 0.3) is 0 Å². The number of hydrogen-bond donors (Lipinski definition) is 2. The maximum atomic E-state index is 13.3. The van der Waals surface area contributed by atoms with E-state index in [1.807, 2.05) is 60.7 Å². The van der Waals surface area contributed by atoms with Crippen molar-refractivity contribution in [3.63, 3.8) is 0 Å². The normalized spacial score (nSPS) is 11.5. The third kappa shape index (κ3) is 2.68. The van der Waals surface area contributed by atoms with Crippen LogP contribution in [0.3, 0.4) is 0 Å². The van der Waals surface area contributed by atoms with Crippen LogP contribution in [0, 0.1) is 0 Å². The highest BCUT2D eigenvalue weighted by Gasteiger charge is 2.26. The predicted octanol–water partition coefficient (Wildman–Crippen LogP) is 4.51. The molecule has 0 unspecified atom stereocenters. The molecule has 5 heteroatoms. The molecule has 0 aliphatic rings. The first-order chi connectivity index (χ1) is 12.2. The molecule has 0 atom stereocenters. The van der Waals surface area contributed by atoms with Gasteiger partial charge in [-0.05, 0) is 11.1 Å². The molecule has 0 aliphatic heterocycles. The maximum Gasteiger partial charge on any atom is 0.210 e. The van der Waals surface area contributed by atoms with Gasteiger partial charge >= 0.3 is 0 Å². The molecule has 2 N–H and O–H groups in total. The van der Waals surface area contributed by atoms with E-state index in [9.17, 15) is 8.42 Å². The van der Waals surface area contributed by atoms with Crippen molar-refractivity contribution in [2.24, 2.45) is 0 Å². The van der Waals surface area contributed by atoms with Gasteiger partial charge in [-0.3, -0.25) is 0 Å². The van der Waals surface area contributed by atoms with Gasteiger partial charge < -0.3 is 9.97 Å². The molecule has 4 rings (SSSR count). The van der Waals surface area contributed by atoms with Gasteiger partial charge in [0, 0.05) is 35.9 Å². The number of nitrogens with one attached hydrogen (secondary N) is 2. The zero-order chi connectivity index (χ0) is 17.3. The van der Waals surface area contributed by atoms with E-state index in [0.29, 0.717) is 11.1 Å². The minimum absolute atomic E-state index is 0.274. The van der Waals surface area contributed by atoms with Crippen molar-refractivity contribution in [1.29, 1.82) is 0 Å². The fourth-order valence-corrected chi connectivity index (χ4v) is 4.56. The number of H-pyrrole nitrogens is 2. The van der Waals surface area contributed by atoms with Gasteiger partial charge in [0.2, 0.25) is 9.84 Å². The van der Waals surface area contributed by atoms with Gasteiger partial charge in [-0.2, -0.15) is 0 Å². The number of aromatic nitrogens is 2. The summed E-state index contributed by atoms with van der Waals surface area (Å²) in [4.78, 5) is 6.42. The highest BCUT2D eigenvalue weighted by Crippen LogP contribution is 2.35. The van der Waals surface area contributed by atoms with Crippen molar-refractivity contribution < 1.29 is 8.42 Å². The van der Waals surface area contributed by atoms with Gasteiger partial charge in [0.15, 0.2) is 0 Å². The quantitative estimate of drug-likeness (QED) is 0.570. The Labute approximate surface area is 146 Å². The fourth-order valence-electron chi connectivity index (χ4n) is 2.95. The van der Waals surface area contributed by atoms with Crippen LogP contribution in [-0.4, -0.2) is 18.4 Å². The lowest BCUT2D eigenvalue weighted by atomic mass is 10.1. The Morgan fingerprint density at radius 3 is 1.36 bits per heavy atom. The molecular formula is C20H16N2O2S. The molecule has 0 amide bonds. The van der Waals surface area contributed by atoms with Crippen molar-refractivity contribution in [2.75, 3.05) is 0 Å². The molecule has 4 nitrogen and oxygen atoms in total. The van der Waals surface area contributed by atoms with Crippen molar-refractivity contribution >= 4 is 9.84 Å². The first-order valence-corrected chi connectivity index (χ1v) is 9.36. The van der Waals surface area contributed by atoms with Crippen LogP contribution in [0.5, 0.6) is 0 Å². The lowest BCUT2D eigenvalue weighted by Crippen LogP contribution is -2.02. The fraction of sp³-hybridized carbons (Fsp3) is 0. The van der Waals surface area contributed by atoms with Crippen LogP contribution in [0.2, 0.25) is 0 Å². The van der Waals surface area contributed by atoms with Gasteiger partial charge in [-0.15, -0.1) is 0 Å². The van der Waals surface area contributed by atoms with E-state index in [4.69, 9.17) is 0 Å². The molecule has 2 aromatic carbocycles. The second-order valence-electron chi connectivity index (χ2n) is 5.70. The topological polar surface area (TPSA) is 65.7 Å². The van der Waals surface area contributed by atoms with Gasteiger partial charge in [-0.1, -0.05) is 60.7 Å². The first-order valence-electron chi connectivity index (χ1n) is 7.87. The summed E-state index contributed by atoms with van der Waals surface area (Å²) in [6.07, 6.45) is 6.52. The van der Waals surface area contributed by atoms with E-state index in [0.717, 1.165) is 11.1 Å². The lowest BCUT2D eigenvalue weighted by Gasteiger charge is -2.08. The number of aromatic amines is 2. The highest BCUT2D eigenvalue weighted by atomic mass is 32.2. The van der Waals surface area contributed by atoms with Crippen LogP contribution in [0.15, 0.2) is 95.2 Å². The van der Waals surface area contributed by atoms with Gasteiger partial charge in [-0.25, -0.2) is 8.42 Å². The van der Waals surface area contributed by atoms with Gasteiger partial charge in [0.05, 0.1) is 9.79 Å². The van der Waals surface area contributed by atoms with E-state index in [1.165, 1.54) is 0 Å². The molecule has 0 aliphatic carbocycles. The van der Waals surface area contributed by atoms with Crippen molar-refractivity contribution in [3.05, 3.63) is 85.5 Å². The molecule has 25 heavy (non-hydrogen) atoms. The summed E-state index contributed by atoms with van der Waals surface area (Å²) in [5.74, 6) is 0. The summed E-state index contributed by atoms with van der Waals surface area (Å²) >= 11 is 0. The Morgan fingerprint density at radius 2 is 0.960 bits per heavy atom. The maximum absolute atomic E-state index is 13.3. The van der Waals surface area contributed by atoms with Crippen LogP contribution in [0.4, 0.5) is 0 Å². The summed E-state index contributed by atoms with van der Waals surface area (Å²) in [6, 6.07) is 19.0. The SMILES string of the molecule is O=S(=O)(c1c[nH]cc1-c1ccccc1)c1c[nH]cc1-c1ccccc1. The number of rotatable bonds is 4. The van der Waals surface area contributed by atoms with Gasteiger partial charge in [0.1, 0.15) is 0 Å². The molecular weight excluding hydrogens is 332 g/mol. The van der Waals surface area contributed by atoms with Crippen molar-refractivity contribution in [1.82, 2.24) is 9.97 Å². The van der Waals surface area contributed by atoms with Crippen LogP contribution in [-0.2, 0) is 9.84 Å². The highest BCUT2D eigenvalue weighted by molar-refractivity contribution is 7.91. The van der Waals surface area contributed by atoms with E-state index in [2.05, 4.69) is 9.97 Å². The molecule has 2 aromatic heterocycles. The summed E-state index contributed by atoms with van der Waals surface area (Å²) in [6.45, 7) is 0. The Bertz CT molecular complexity index is 1010. The number of sulfone groups is 1.